The zero-order valence-electron chi connectivity index (χ0n) is 9.93. The Morgan fingerprint density at radius 2 is 2.18 bits per heavy atom. The SMILES string of the molecule is O=C(O)CC1CCCN(C(=O)C2CCSC2)C1. The van der Waals surface area contributed by atoms with Crippen LogP contribution in [0, 0.1) is 11.8 Å². The van der Waals surface area contributed by atoms with E-state index in [2.05, 4.69) is 0 Å². The lowest BCUT2D eigenvalue weighted by Gasteiger charge is -2.33. The summed E-state index contributed by atoms with van der Waals surface area (Å²) in [5, 5.41) is 8.80. The minimum atomic E-state index is -0.749. The molecule has 0 aromatic rings. The first-order valence-electron chi connectivity index (χ1n) is 6.25. The Morgan fingerprint density at radius 3 is 2.82 bits per heavy atom. The first kappa shape index (κ1) is 12.7. The van der Waals surface area contributed by atoms with E-state index in [1.807, 2.05) is 16.7 Å². The molecule has 2 fully saturated rings. The maximum atomic E-state index is 12.2. The second-order valence-electron chi connectivity index (χ2n) is 4.95. The van der Waals surface area contributed by atoms with Crippen molar-refractivity contribution in [3.63, 3.8) is 0 Å². The summed E-state index contributed by atoms with van der Waals surface area (Å²) in [6, 6.07) is 0. The maximum absolute atomic E-state index is 12.2. The number of hydrogen-bond donors (Lipinski definition) is 1. The van der Waals surface area contributed by atoms with E-state index in [4.69, 9.17) is 5.11 Å². The highest BCUT2D eigenvalue weighted by Gasteiger charge is 2.31. The molecule has 2 heterocycles. The third-order valence-electron chi connectivity index (χ3n) is 3.57. The molecule has 5 heteroatoms. The van der Waals surface area contributed by atoms with Crippen LogP contribution < -0.4 is 0 Å². The minimum Gasteiger partial charge on any atom is -0.481 e. The monoisotopic (exact) mass is 257 g/mol. The van der Waals surface area contributed by atoms with Crippen molar-refractivity contribution in [2.75, 3.05) is 24.6 Å². The lowest BCUT2D eigenvalue weighted by atomic mass is 9.93. The van der Waals surface area contributed by atoms with Gasteiger partial charge in [0.2, 0.25) is 5.91 Å². The van der Waals surface area contributed by atoms with E-state index < -0.39 is 5.97 Å². The molecule has 2 atom stereocenters. The van der Waals surface area contributed by atoms with Crippen LogP contribution >= 0.6 is 11.8 Å². The van der Waals surface area contributed by atoms with Crippen LogP contribution in [0.25, 0.3) is 0 Å². The number of piperidine rings is 1. The molecule has 17 heavy (non-hydrogen) atoms. The molecule has 2 aliphatic rings. The molecular weight excluding hydrogens is 238 g/mol. The predicted octanol–water partition coefficient (Wildman–Crippen LogP) is 1.45. The summed E-state index contributed by atoms with van der Waals surface area (Å²) in [5.74, 6) is 1.87. The first-order chi connectivity index (χ1) is 8.16. The standard InChI is InChI=1S/C12H19NO3S/c14-11(15)6-9-2-1-4-13(7-9)12(16)10-3-5-17-8-10/h9-10H,1-8H2,(H,14,15). The molecule has 2 aliphatic heterocycles. The first-order valence-corrected chi connectivity index (χ1v) is 7.40. The Kier molecular flexibility index (Phi) is 4.31. The number of thioether (sulfide) groups is 1. The second kappa shape index (κ2) is 5.76. The molecule has 0 aromatic heterocycles. The summed E-state index contributed by atoms with van der Waals surface area (Å²) < 4.78 is 0. The van der Waals surface area contributed by atoms with Crippen molar-refractivity contribution in [2.45, 2.75) is 25.7 Å². The van der Waals surface area contributed by atoms with Crippen LogP contribution in [0.5, 0.6) is 0 Å². The number of hydrogen-bond acceptors (Lipinski definition) is 3. The fraction of sp³-hybridized carbons (Fsp3) is 0.833. The average molecular weight is 257 g/mol. The van der Waals surface area contributed by atoms with Gasteiger partial charge in [-0.3, -0.25) is 9.59 Å². The van der Waals surface area contributed by atoms with Crippen LogP contribution in [-0.2, 0) is 9.59 Å². The molecule has 2 unspecified atom stereocenters. The van der Waals surface area contributed by atoms with Gasteiger partial charge >= 0.3 is 5.97 Å². The zero-order valence-corrected chi connectivity index (χ0v) is 10.7. The number of amides is 1. The van der Waals surface area contributed by atoms with E-state index >= 15 is 0 Å². The van der Waals surface area contributed by atoms with Gasteiger partial charge in [-0.05, 0) is 30.9 Å². The molecule has 2 saturated heterocycles. The van der Waals surface area contributed by atoms with Gasteiger partial charge in [-0.2, -0.15) is 11.8 Å². The Morgan fingerprint density at radius 1 is 1.35 bits per heavy atom. The molecule has 0 aliphatic carbocycles. The fourth-order valence-electron chi connectivity index (χ4n) is 2.67. The molecule has 1 N–H and O–H groups in total. The van der Waals surface area contributed by atoms with Crippen molar-refractivity contribution in [2.24, 2.45) is 11.8 Å². The summed E-state index contributed by atoms with van der Waals surface area (Å²) in [5.41, 5.74) is 0. The zero-order chi connectivity index (χ0) is 12.3. The third-order valence-corrected chi connectivity index (χ3v) is 4.74. The van der Waals surface area contributed by atoms with Crippen molar-refractivity contribution < 1.29 is 14.7 Å². The largest absolute Gasteiger partial charge is 0.481 e. The van der Waals surface area contributed by atoms with E-state index in [1.54, 1.807) is 0 Å². The maximum Gasteiger partial charge on any atom is 0.303 e. The minimum absolute atomic E-state index is 0.152. The Balaban J connectivity index is 1.87. The van der Waals surface area contributed by atoms with Gasteiger partial charge < -0.3 is 10.0 Å². The molecule has 2 rings (SSSR count). The summed E-state index contributed by atoms with van der Waals surface area (Å²) in [7, 11) is 0. The number of carboxylic acid groups (broad SMARTS) is 1. The Bertz CT molecular complexity index is 302. The van der Waals surface area contributed by atoms with E-state index in [9.17, 15) is 9.59 Å². The van der Waals surface area contributed by atoms with Gasteiger partial charge in [-0.15, -0.1) is 0 Å². The quantitative estimate of drug-likeness (QED) is 0.831. The Labute approximate surface area is 106 Å². The third kappa shape index (κ3) is 3.37. The van der Waals surface area contributed by atoms with Crippen molar-refractivity contribution in [1.82, 2.24) is 4.90 Å². The number of aliphatic carboxylic acids is 1. The van der Waals surface area contributed by atoms with Gasteiger partial charge in [0, 0.05) is 31.2 Å². The van der Waals surface area contributed by atoms with Crippen molar-refractivity contribution in [1.29, 1.82) is 0 Å². The highest BCUT2D eigenvalue weighted by atomic mass is 32.2. The normalized spacial score (nSPS) is 29.3. The molecule has 0 saturated carbocycles. The lowest BCUT2D eigenvalue weighted by molar-refractivity contribution is -0.141. The molecule has 1 amide bonds. The fourth-order valence-corrected chi connectivity index (χ4v) is 3.88. The van der Waals surface area contributed by atoms with Gasteiger partial charge in [0.15, 0.2) is 0 Å². The molecule has 0 spiro atoms. The highest BCUT2D eigenvalue weighted by molar-refractivity contribution is 7.99. The number of nitrogens with zero attached hydrogens (tertiary/aromatic N) is 1. The van der Waals surface area contributed by atoms with Crippen LogP contribution in [-0.4, -0.2) is 46.5 Å². The van der Waals surface area contributed by atoms with Gasteiger partial charge in [-0.1, -0.05) is 0 Å². The number of carbonyl (C=O) groups excluding carboxylic acids is 1. The van der Waals surface area contributed by atoms with E-state index in [0.29, 0.717) is 6.54 Å². The van der Waals surface area contributed by atoms with Gasteiger partial charge in [0.05, 0.1) is 0 Å². The molecule has 0 radical (unpaired) electrons. The number of rotatable bonds is 3. The van der Waals surface area contributed by atoms with Gasteiger partial charge in [0.1, 0.15) is 0 Å². The topological polar surface area (TPSA) is 57.6 Å². The van der Waals surface area contributed by atoms with Crippen molar-refractivity contribution >= 4 is 23.6 Å². The molecule has 4 nitrogen and oxygen atoms in total. The lowest BCUT2D eigenvalue weighted by Crippen LogP contribution is -2.43. The van der Waals surface area contributed by atoms with Crippen LogP contribution in [0.3, 0.4) is 0 Å². The molecule has 0 bridgehead atoms. The van der Waals surface area contributed by atoms with Crippen LogP contribution in [0.15, 0.2) is 0 Å². The highest BCUT2D eigenvalue weighted by Crippen LogP contribution is 2.27. The number of likely N-dealkylation sites (tertiary alicyclic amines) is 1. The summed E-state index contributed by atoms with van der Waals surface area (Å²) in [4.78, 5) is 24.8. The summed E-state index contributed by atoms with van der Waals surface area (Å²) in [6.45, 7) is 1.46. The second-order valence-corrected chi connectivity index (χ2v) is 6.10. The van der Waals surface area contributed by atoms with Crippen LogP contribution in [0.2, 0.25) is 0 Å². The predicted molar refractivity (Wildman–Crippen MR) is 67.0 cm³/mol. The Hall–Kier alpha value is -0.710. The molecular formula is C12H19NO3S. The van der Waals surface area contributed by atoms with Crippen LogP contribution in [0.1, 0.15) is 25.7 Å². The van der Waals surface area contributed by atoms with E-state index in [0.717, 1.165) is 37.3 Å². The van der Waals surface area contributed by atoms with Gasteiger partial charge in [0.25, 0.3) is 0 Å². The molecule has 0 aromatic carbocycles. The van der Waals surface area contributed by atoms with Crippen molar-refractivity contribution in [3.8, 4) is 0 Å². The summed E-state index contributed by atoms with van der Waals surface area (Å²) in [6.07, 6.45) is 3.08. The average Bonchev–Trinajstić information content (AvgIpc) is 2.81. The number of carbonyl (C=O) groups is 2. The van der Waals surface area contributed by atoms with Gasteiger partial charge in [-0.25, -0.2) is 0 Å². The van der Waals surface area contributed by atoms with E-state index in [-0.39, 0.29) is 24.2 Å². The molecule has 96 valence electrons. The summed E-state index contributed by atoms with van der Waals surface area (Å²) >= 11 is 1.84. The van der Waals surface area contributed by atoms with Crippen LogP contribution in [0.4, 0.5) is 0 Å². The van der Waals surface area contributed by atoms with Crippen molar-refractivity contribution in [3.05, 3.63) is 0 Å². The number of carboxylic acids is 1. The van der Waals surface area contributed by atoms with E-state index in [1.165, 1.54) is 0 Å². The smallest absolute Gasteiger partial charge is 0.303 e.